The molecular weight excluding hydrogens is 330 g/mol. The molecule has 1 aromatic heterocycles. The Morgan fingerprint density at radius 3 is 2.52 bits per heavy atom. The Labute approximate surface area is 131 Å². The molecule has 0 aliphatic heterocycles. The minimum absolute atomic E-state index is 0.661. The van der Waals surface area contributed by atoms with Crippen molar-refractivity contribution in [1.29, 1.82) is 0 Å². The van der Waals surface area contributed by atoms with Gasteiger partial charge in [0.05, 0.1) is 12.8 Å². The van der Waals surface area contributed by atoms with E-state index in [1.54, 1.807) is 7.11 Å². The Kier molecular flexibility index (Phi) is 3.55. The van der Waals surface area contributed by atoms with E-state index in [9.17, 15) is 4.79 Å². The zero-order valence-corrected chi connectivity index (χ0v) is 13.3. The normalized spacial score (nSPS) is 10.8. The number of hydrogen-bond acceptors (Lipinski definition) is 2. The molecule has 0 unspecified atom stereocenters. The van der Waals surface area contributed by atoms with Crippen LogP contribution in [-0.2, 0) is 0 Å². The molecule has 21 heavy (non-hydrogen) atoms. The molecule has 0 amide bonds. The molecule has 0 saturated carbocycles. The molecule has 0 saturated heterocycles. The number of ether oxygens (including phenoxy) is 1. The van der Waals surface area contributed by atoms with Gasteiger partial charge in [-0.05, 0) is 42.3 Å². The number of hydrogen-bond donors (Lipinski definition) is 1. The number of carbonyl (C=O) groups excluding carboxylic acids is 1. The van der Waals surface area contributed by atoms with Gasteiger partial charge in [-0.1, -0.05) is 28.1 Å². The first-order valence-corrected chi connectivity index (χ1v) is 7.34. The minimum atomic E-state index is 0.661. The molecule has 0 spiro atoms. The molecule has 4 heteroatoms. The number of H-pyrrole nitrogens is 1. The molecule has 0 atom stereocenters. The molecule has 0 aliphatic carbocycles. The number of halogens is 1. The quantitative estimate of drug-likeness (QED) is 0.698. The summed E-state index contributed by atoms with van der Waals surface area (Å²) in [5.74, 6) is 0.754. The molecule has 106 valence electrons. The Bertz CT molecular complexity index is 819. The second kappa shape index (κ2) is 5.37. The molecule has 1 N–H and O–H groups in total. The van der Waals surface area contributed by atoms with Gasteiger partial charge in [-0.3, -0.25) is 4.79 Å². The number of aryl methyl sites for hydroxylation is 1. The lowest BCUT2D eigenvalue weighted by atomic mass is 10.0. The lowest BCUT2D eigenvalue weighted by Gasteiger charge is -2.02. The standard InChI is InChI=1S/C17H14BrNO2/c1-10-7-13(21-2)8-14-15(9-20)17(19-16(10)14)11-3-5-12(18)6-4-11/h3-9,19H,1-2H3. The van der Waals surface area contributed by atoms with Crippen molar-refractivity contribution in [1.82, 2.24) is 4.98 Å². The molecule has 2 aromatic carbocycles. The summed E-state index contributed by atoms with van der Waals surface area (Å²) < 4.78 is 6.30. The molecule has 3 rings (SSSR count). The predicted octanol–water partition coefficient (Wildman–Crippen LogP) is 4.73. The number of aldehydes is 1. The highest BCUT2D eigenvalue weighted by atomic mass is 79.9. The maximum absolute atomic E-state index is 11.6. The summed E-state index contributed by atoms with van der Waals surface area (Å²) in [6.07, 6.45) is 0.898. The third kappa shape index (κ3) is 2.36. The van der Waals surface area contributed by atoms with Gasteiger partial charge in [-0.2, -0.15) is 0 Å². The van der Waals surface area contributed by atoms with Crippen LogP contribution in [0.25, 0.3) is 22.2 Å². The van der Waals surface area contributed by atoms with Gasteiger partial charge in [0, 0.05) is 20.9 Å². The topological polar surface area (TPSA) is 42.1 Å². The van der Waals surface area contributed by atoms with Gasteiger partial charge in [0.25, 0.3) is 0 Å². The van der Waals surface area contributed by atoms with Crippen LogP contribution in [0.15, 0.2) is 40.9 Å². The fourth-order valence-electron chi connectivity index (χ4n) is 2.54. The fourth-order valence-corrected chi connectivity index (χ4v) is 2.81. The van der Waals surface area contributed by atoms with E-state index in [1.165, 1.54) is 0 Å². The summed E-state index contributed by atoms with van der Waals surface area (Å²) in [5.41, 5.74) is 4.50. The third-order valence-electron chi connectivity index (χ3n) is 3.60. The minimum Gasteiger partial charge on any atom is -0.497 e. The first kappa shape index (κ1) is 13.9. The number of methoxy groups -OCH3 is 1. The maximum Gasteiger partial charge on any atom is 0.152 e. The number of fused-ring (bicyclic) bond motifs is 1. The van der Waals surface area contributed by atoms with Crippen LogP contribution in [0.2, 0.25) is 0 Å². The number of nitrogens with one attached hydrogen (secondary N) is 1. The van der Waals surface area contributed by atoms with E-state index in [1.807, 2.05) is 43.3 Å². The Hall–Kier alpha value is -2.07. The Balaban J connectivity index is 2.31. The van der Waals surface area contributed by atoms with Crippen molar-refractivity contribution < 1.29 is 9.53 Å². The molecule has 0 fully saturated rings. The van der Waals surface area contributed by atoms with Crippen LogP contribution in [0, 0.1) is 6.92 Å². The summed E-state index contributed by atoms with van der Waals surface area (Å²) in [4.78, 5) is 15.0. The van der Waals surface area contributed by atoms with Crippen molar-refractivity contribution in [2.45, 2.75) is 6.92 Å². The van der Waals surface area contributed by atoms with E-state index in [0.717, 1.165) is 44.2 Å². The second-order valence-electron chi connectivity index (χ2n) is 4.91. The van der Waals surface area contributed by atoms with E-state index < -0.39 is 0 Å². The summed E-state index contributed by atoms with van der Waals surface area (Å²) >= 11 is 3.42. The number of carbonyl (C=O) groups is 1. The van der Waals surface area contributed by atoms with Gasteiger partial charge in [-0.15, -0.1) is 0 Å². The van der Waals surface area contributed by atoms with Crippen LogP contribution in [0.5, 0.6) is 5.75 Å². The maximum atomic E-state index is 11.6. The monoisotopic (exact) mass is 343 g/mol. The van der Waals surface area contributed by atoms with Crippen LogP contribution in [0.3, 0.4) is 0 Å². The first-order chi connectivity index (χ1) is 10.1. The van der Waals surface area contributed by atoms with Gasteiger partial charge >= 0.3 is 0 Å². The third-order valence-corrected chi connectivity index (χ3v) is 4.13. The van der Waals surface area contributed by atoms with Gasteiger partial charge in [0.1, 0.15) is 5.75 Å². The van der Waals surface area contributed by atoms with E-state index in [0.29, 0.717) is 5.56 Å². The number of benzene rings is 2. The molecular formula is C17H14BrNO2. The highest BCUT2D eigenvalue weighted by molar-refractivity contribution is 9.10. The zero-order valence-electron chi connectivity index (χ0n) is 11.7. The van der Waals surface area contributed by atoms with E-state index in [4.69, 9.17) is 4.74 Å². The Morgan fingerprint density at radius 1 is 1.19 bits per heavy atom. The number of aromatic amines is 1. The van der Waals surface area contributed by atoms with E-state index in [-0.39, 0.29) is 0 Å². The molecule has 3 aromatic rings. The summed E-state index contributed by atoms with van der Waals surface area (Å²) in [6.45, 7) is 2.00. The van der Waals surface area contributed by atoms with Crippen molar-refractivity contribution in [2.24, 2.45) is 0 Å². The van der Waals surface area contributed by atoms with E-state index >= 15 is 0 Å². The molecule has 0 aliphatic rings. The Morgan fingerprint density at radius 2 is 1.90 bits per heavy atom. The molecule has 0 radical (unpaired) electrons. The summed E-state index contributed by atoms with van der Waals surface area (Å²) in [5, 5.41) is 0.889. The molecule has 3 nitrogen and oxygen atoms in total. The second-order valence-corrected chi connectivity index (χ2v) is 5.82. The lowest BCUT2D eigenvalue weighted by Crippen LogP contribution is -1.86. The van der Waals surface area contributed by atoms with Crippen LogP contribution in [0.1, 0.15) is 15.9 Å². The van der Waals surface area contributed by atoms with E-state index in [2.05, 4.69) is 20.9 Å². The molecule has 0 bridgehead atoms. The van der Waals surface area contributed by atoms with Crippen LogP contribution < -0.4 is 4.74 Å². The van der Waals surface area contributed by atoms with Crippen LogP contribution >= 0.6 is 15.9 Å². The average molecular weight is 344 g/mol. The SMILES string of the molecule is COc1cc(C)c2[nH]c(-c3ccc(Br)cc3)c(C=O)c2c1. The van der Waals surface area contributed by atoms with Crippen molar-refractivity contribution in [2.75, 3.05) is 7.11 Å². The lowest BCUT2D eigenvalue weighted by molar-refractivity contribution is 0.112. The zero-order chi connectivity index (χ0) is 15.0. The highest BCUT2D eigenvalue weighted by Crippen LogP contribution is 2.33. The largest absolute Gasteiger partial charge is 0.497 e. The highest BCUT2D eigenvalue weighted by Gasteiger charge is 2.15. The first-order valence-electron chi connectivity index (χ1n) is 6.55. The molecule has 1 heterocycles. The van der Waals surface area contributed by atoms with Crippen LogP contribution in [0.4, 0.5) is 0 Å². The van der Waals surface area contributed by atoms with Crippen molar-refractivity contribution >= 4 is 33.1 Å². The summed E-state index contributed by atoms with van der Waals surface area (Å²) in [6, 6.07) is 11.7. The van der Waals surface area contributed by atoms with Crippen molar-refractivity contribution in [3.8, 4) is 17.0 Å². The van der Waals surface area contributed by atoms with Crippen molar-refractivity contribution in [3.05, 3.63) is 52.0 Å². The smallest absolute Gasteiger partial charge is 0.152 e. The van der Waals surface area contributed by atoms with Gasteiger partial charge < -0.3 is 9.72 Å². The summed E-state index contributed by atoms with van der Waals surface area (Å²) in [7, 11) is 1.63. The average Bonchev–Trinajstić information content (AvgIpc) is 2.87. The predicted molar refractivity (Wildman–Crippen MR) is 88.1 cm³/mol. The van der Waals surface area contributed by atoms with Gasteiger partial charge in [0.15, 0.2) is 6.29 Å². The van der Waals surface area contributed by atoms with Gasteiger partial charge in [-0.25, -0.2) is 0 Å². The fraction of sp³-hybridized carbons (Fsp3) is 0.118. The number of rotatable bonds is 3. The number of aromatic nitrogens is 1. The van der Waals surface area contributed by atoms with Gasteiger partial charge in [0.2, 0.25) is 0 Å². The van der Waals surface area contributed by atoms with Crippen molar-refractivity contribution in [3.63, 3.8) is 0 Å². The van der Waals surface area contributed by atoms with Crippen LogP contribution in [-0.4, -0.2) is 18.4 Å².